The van der Waals surface area contributed by atoms with Gasteiger partial charge in [-0.25, -0.2) is 0 Å². The minimum Gasteiger partial charge on any atom is -0.351 e. The summed E-state index contributed by atoms with van der Waals surface area (Å²) in [7, 11) is 1.62. The van der Waals surface area contributed by atoms with E-state index >= 15 is 0 Å². The van der Waals surface area contributed by atoms with Gasteiger partial charge in [-0.3, -0.25) is 19.2 Å². The van der Waals surface area contributed by atoms with Crippen LogP contribution in [0.3, 0.4) is 0 Å². The summed E-state index contributed by atoms with van der Waals surface area (Å²) >= 11 is 0. The molecule has 0 bridgehead atoms. The Bertz CT molecular complexity index is 919. The van der Waals surface area contributed by atoms with Gasteiger partial charge in [0.05, 0.1) is 30.0 Å². The summed E-state index contributed by atoms with van der Waals surface area (Å²) in [5, 5.41) is 5.59. The monoisotopic (exact) mass is 398 g/mol. The summed E-state index contributed by atoms with van der Waals surface area (Å²) in [5.74, 6) is 1.25. The number of carbonyl (C=O) groups is 3. The minimum absolute atomic E-state index is 0.0870. The number of aryl methyl sites for hydroxylation is 2. The van der Waals surface area contributed by atoms with Crippen LogP contribution in [-0.2, 0) is 16.6 Å². The quantitative estimate of drug-likeness (QED) is 0.663. The number of likely N-dealkylation sites (tertiary alicyclic amines) is 1. The van der Waals surface area contributed by atoms with Crippen LogP contribution in [0.5, 0.6) is 0 Å². The summed E-state index contributed by atoms with van der Waals surface area (Å²) in [6, 6.07) is 1.43. The van der Waals surface area contributed by atoms with Crippen molar-refractivity contribution in [3.63, 3.8) is 0 Å². The van der Waals surface area contributed by atoms with Gasteiger partial charge in [0.2, 0.25) is 11.8 Å². The van der Waals surface area contributed by atoms with Crippen molar-refractivity contribution >= 4 is 17.7 Å². The fraction of sp³-hybridized carbons (Fsp3) is 0.524. The van der Waals surface area contributed by atoms with Gasteiger partial charge in [0.1, 0.15) is 0 Å². The molecule has 2 aliphatic rings. The van der Waals surface area contributed by atoms with E-state index < -0.39 is 0 Å². The predicted molar refractivity (Wildman–Crippen MR) is 107 cm³/mol. The van der Waals surface area contributed by atoms with Crippen molar-refractivity contribution in [1.29, 1.82) is 0 Å². The van der Waals surface area contributed by atoms with E-state index in [1.165, 1.54) is 10.8 Å². The highest BCUT2D eigenvalue weighted by Gasteiger charge is 2.49. The highest BCUT2D eigenvalue weighted by molar-refractivity contribution is 5.95. The molecule has 3 rings (SSSR count). The van der Waals surface area contributed by atoms with E-state index in [0.717, 1.165) is 0 Å². The Balaban J connectivity index is 1.58. The second kappa shape index (κ2) is 8.11. The van der Waals surface area contributed by atoms with E-state index in [1.807, 2.05) is 6.92 Å². The first-order chi connectivity index (χ1) is 13.7. The van der Waals surface area contributed by atoms with E-state index in [2.05, 4.69) is 16.6 Å². The van der Waals surface area contributed by atoms with Crippen LogP contribution in [0.1, 0.15) is 29.3 Å². The van der Waals surface area contributed by atoms with Gasteiger partial charge >= 0.3 is 0 Å². The zero-order chi connectivity index (χ0) is 21.3. The molecule has 2 fully saturated rings. The molecular formula is C21H26N4O4. The Morgan fingerprint density at radius 2 is 1.93 bits per heavy atom. The molecule has 1 aliphatic carbocycles. The largest absolute Gasteiger partial charge is 0.351 e. The number of hydrogen-bond donors (Lipinski definition) is 2. The molecule has 0 spiro atoms. The van der Waals surface area contributed by atoms with E-state index in [0.29, 0.717) is 30.6 Å². The predicted octanol–water partition coefficient (Wildman–Crippen LogP) is -0.344. The molecule has 1 saturated heterocycles. The molecule has 0 aromatic carbocycles. The second-order valence-corrected chi connectivity index (χ2v) is 8.00. The molecule has 1 aliphatic heterocycles. The number of nitrogens with one attached hydrogen (secondary N) is 2. The Labute approximate surface area is 169 Å². The standard InChI is InChI=1S/C21H26N4O4/c1-5-6-22-18(26)15-8-16(15)19(27)23-17-11-25(9-13(17)3)21(29)14-7-12(2)20(28)24(4)10-14/h1,7,10,13,15-17H,6,8-9,11H2,2-4H3,(H,22,26)(H,23,27)/t13-,15+,16-,17-/m1/s1. The third kappa shape index (κ3) is 4.34. The van der Waals surface area contributed by atoms with E-state index in [4.69, 9.17) is 6.42 Å². The van der Waals surface area contributed by atoms with Crippen LogP contribution < -0.4 is 16.2 Å². The maximum absolute atomic E-state index is 12.9. The molecule has 1 saturated carbocycles. The average Bonchev–Trinajstić information content (AvgIpc) is 3.41. The maximum atomic E-state index is 12.9. The van der Waals surface area contributed by atoms with Gasteiger partial charge in [-0.1, -0.05) is 12.8 Å². The van der Waals surface area contributed by atoms with Crippen LogP contribution in [0.15, 0.2) is 17.1 Å². The number of pyridine rings is 1. The lowest BCUT2D eigenvalue weighted by Gasteiger charge is -2.18. The van der Waals surface area contributed by atoms with Crippen molar-refractivity contribution in [1.82, 2.24) is 20.1 Å². The average molecular weight is 398 g/mol. The third-order valence-corrected chi connectivity index (χ3v) is 5.67. The Morgan fingerprint density at radius 3 is 2.59 bits per heavy atom. The fourth-order valence-corrected chi connectivity index (χ4v) is 3.83. The zero-order valence-corrected chi connectivity index (χ0v) is 16.9. The summed E-state index contributed by atoms with van der Waals surface area (Å²) < 4.78 is 1.40. The molecule has 2 heterocycles. The second-order valence-electron chi connectivity index (χ2n) is 8.00. The number of hydrogen-bond acceptors (Lipinski definition) is 4. The summed E-state index contributed by atoms with van der Waals surface area (Å²) in [6.07, 6.45) is 7.18. The molecule has 8 nitrogen and oxygen atoms in total. The molecule has 3 amide bonds. The van der Waals surface area contributed by atoms with Gasteiger partial charge in [-0.2, -0.15) is 0 Å². The van der Waals surface area contributed by atoms with Crippen molar-refractivity contribution in [2.75, 3.05) is 19.6 Å². The fourth-order valence-electron chi connectivity index (χ4n) is 3.83. The lowest BCUT2D eigenvalue weighted by atomic mass is 10.1. The van der Waals surface area contributed by atoms with Crippen LogP contribution in [0.4, 0.5) is 0 Å². The topological polar surface area (TPSA) is 101 Å². The van der Waals surface area contributed by atoms with Crippen molar-refractivity contribution in [2.45, 2.75) is 26.3 Å². The first-order valence-electron chi connectivity index (χ1n) is 9.71. The summed E-state index contributed by atoms with van der Waals surface area (Å²) in [5.41, 5.74) is 0.835. The van der Waals surface area contributed by atoms with Gasteiger partial charge in [0, 0.05) is 31.9 Å². The SMILES string of the molecule is C#CCNC(=O)[C@H]1C[C@H]1C(=O)N[C@@H]1CN(C(=O)c2cc(C)c(=O)n(C)c2)C[C@H]1C. The number of amides is 3. The molecule has 0 radical (unpaired) electrons. The zero-order valence-electron chi connectivity index (χ0n) is 16.9. The highest BCUT2D eigenvalue weighted by atomic mass is 16.2. The summed E-state index contributed by atoms with van der Waals surface area (Å²) in [4.78, 5) is 50.8. The van der Waals surface area contributed by atoms with Crippen LogP contribution in [-0.4, -0.2) is 52.9 Å². The number of carbonyl (C=O) groups excluding carboxylic acids is 3. The van der Waals surface area contributed by atoms with Gasteiger partial charge < -0.3 is 20.1 Å². The van der Waals surface area contributed by atoms with E-state index in [-0.39, 0.29) is 53.6 Å². The van der Waals surface area contributed by atoms with Crippen molar-refractivity contribution in [3.05, 3.63) is 33.7 Å². The van der Waals surface area contributed by atoms with Crippen molar-refractivity contribution in [2.24, 2.45) is 24.8 Å². The minimum atomic E-state index is -0.337. The molecule has 0 unspecified atom stereocenters. The molecule has 4 atom stereocenters. The number of aromatic nitrogens is 1. The highest BCUT2D eigenvalue weighted by Crippen LogP contribution is 2.39. The molecule has 154 valence electrons. The molecular weight excluding hydrogens is 372 g/mol. The summed E-state index contributed by atoms with van der Waals surface area (Å²) in [6.45, 7) is 4.73. The van der Waals surface area contributed by atoms with E-state index in [1.54, 1.807) is 24.9 Å². The normalized spacial score (nSPS) is 25.2. The number of terminal acetylenes is 1. The first kappa shape index (κ1) is 20.6. The first-order valence-corrected chi connectivity index (χ1v) is 9.71. The Kier molecular flexibility index (Phi) is 5.78. The van der Waals surface area contributed by atoms with Crippen molar-refractivity contribution in [3.8, 4) is 12.3 Å². The molecule has 1 aromatic heterocycles. The molecule has 1 aromatic rings. The van der Waals surface area contributed by atoms with Gasteiger partial charge in [0.25, 0.3) is 11.5 Å². The van der Waals surface area contributed by atoms with Crippen LogP contribution >= 0.6 is 0 Å². The number of nitrogens with zero attached hydrogens (tertiary/aromatic N) is 2. The van der Waals surface area contributed by atoms with Gasteiger partial charge in [-0.05, 0) is 25.3 Å². The number of rotatable bonds is 5. The lowest BCUT2D eigenvalue weighted by Crippen LogP contribution is -2.42. The van der Waals surface area contributed by atoms with Gasteiger partial charge in [0.15, 0.2) is 0 Å². The van der Waals surface area contributed by atoms with E-state index in [9.17, 15) is 19.2 Å². The van der Waals surface area contributed by atoms with Crippen LogP contribution in [0.2, 0.25) is 0 Å². The smallest absolute Gasteiger partial charge is 0.255 e. The van der Waals surface area contributed by atoms with Crippen LogP contribution in [0, 0.1) is 37.0 Å². The lowest BCUT2D eigenvalue weighted by molar-refractivity contribution is -0.127. The third-order valence-electron chi connectivity index (χ3n) is 5.67. The van der Waals surface area contributed by atoms with Crippen molar-refractivity contribution < 1.29 is 14.4 Å². The molecule has 29 heavy (non-hydrogen) atoms. The van der Waals surface area contributed by atoms with Gasteiger partial charge in [-0.15, -0.1) is 6.42 Å². The molecule has 2 N–H and O–H groups in total. The Morgan fingerprint density at radius 1 is 1.24 bits per heavy atom. The Hall–Kier alpha value is -3.08. The van der Waals surface area contributed by atoms with Crippen LogP contribution in [0.25, 0.3) is 0 Å². The molecule has 8 heteroatoms. The maximum Gasteiger partial charge on any atom is 0.255 e.